The maximum atomic E-state index is 13.3. The lowest BCUT2D eigenvalue weighted by atomic mass is 9.79. The van der Waals surface area contributed by atoms with E-state index in [1.165, 1.54) is 0 Å². The molecule has 7 heteroatoms. The lowest BCUT2D eigenvalue weighted by Gasteiger charge is -2.38. The number of carbonyl (C=O) groups is 2. The Morgan fingerprint density at radius 2 is 1.81 bits per heavy atom. The Labute approximate surface area is 188 Å². The zero-order valence-corrected chi connectivity index (χ0v) is 18.7. The van der Waals surface area contributed by atoms with Crippen molar-refractivity contribution < 1.29 is 14.3 Å². The van der Waals surface area contributed by atoms with Gasteiger partial charge >= 0.3 is 0 Å². The molecule has 2 aliphatic heterocycles. The summed E-state index contributed by atoms with van der Waals surface area (Å²) in [5.41, 5.74) is 3.34. The number of aryl methyl sites for hydroxylation is 1. The number of hydrogen-bond acceptors (Lipinski definition) is 5. The van der Waals surface area contributed by atoms with Crippen LogP contribution in [0.25, 0.3) is 5.57 Å². The third-order valence-corrected chi connectivity index (χ3v) is 5.89. The van der Waals surface area contributed by atoms with Crippen LogP contribution in [-0.2, 0) is 15.1 Å². The number of unbranched alkanes of at least 4 members (excludes halogenated alkanes) is 1. The summed E-state index contributed by atoms with van der Waals surface area (Å²) in [5, 5.41) is 12.0. The number of nitrogens with one attached hydrogen (secondary N) is 1. The highest BCUT2D eigenvalue weighted by Gasteiger charge is 2.41. The van der Waals surface area contributed by atoms with Gasteiger partial charge in [-0.3, -0.25) is 9.59 Å². The predicted molar refractivity (Wildman–Crippen MR) is 122 cm³/mol. The molecule has 2 amide bonds. The summed E-state index contributed by atoms with van der Waals surface area (Å²) in [6.07, 6.45) is 2.60. The SMILES string of the molecule is CCCCOc1ccc([C@]2(C)CC(c3ccc(C)cc3)=C(N3N=NCC3=O)C(=O)N2)cc1. The topological polar surface area (TPSA) is 83.4 Å². The summed E-state index contributed by atoms with van der Waals surface area (Å²) in [6.45, 7) is 6.78. The molecule has 1 atom stereocenters. The Bertz CT molecular complexity index is 1070. The van der Waals surface area contributed by atoms with Crippen LogP contribution in [0.1, 0.15) is 49.8 Å². The number of hydrogen-bond donors (Lipinski definition) is 1. The molecule has 0 unspecified atom stereocenters. The molecule has 4 rings (SSSR count). The first-order valence-electron chi connectivity index (χ1n) is 11.0. The second-order valence-electron chi connectivity index (χ2n) is 8.48. The second-order valence-corrected chi connectivity index (χ2v) is 8.48. The van der Waals surface area contributed by atoms with Crippen LogP contribution in [0, 0.1) is 6.92 Å². The number of rotatable bonds is 7. The van der Waals surface area contributed by atoms with Gasteiger partial charge in [0.25, 0.3) is 11.8 Å². The highest BCUT2D eigenvalue weighted by atomic mass is 16.5. The monoisotopic (exact) mass is 432 g/mol. The van der Waals surface area contributed by atoms with Crippen molar-refractivity contribution in [1.82, 2.24) is 10.3 Å². The average molecular weight is 433 g/mol. The van der Waals surface area contributed by atoms with Crippen LogP contribution in [-0.4, -0.2) is 30.0 Å². The van der Waals surface area contributed by atoms with Gasteiger partial charge in [0.05, 0.1) is 12.1 Å². The van der Waals surface area contributed by atoms with Crippen molar-refractivity contribution in [2.45, 2.75) is 45.6 Å². The highest BCUT2D eigenvalue weighted by Crippen LogP contribution is 2.40. The molecule has 0 aliphatic carbocycles. The van der Waals surface area contributed by atoms with E-state index < -0.39 is 5.54 Å². The molecule has 2 aromatic rings. The Morgan fingerprint density at radius 3 is 2.44 bits per heavy atom. The number of carbonyl (C=O) groups excluding carboxylic acids is 2. The van der Waals surface area contributed by atoms with Gasteiger partial charge in [-0.25, -0.2) is 0 Å². The van der Waals surface area contributed by atoms with E-state index in [2.05, 4.69) is 22.6 Å². The van der Waals surface area contributed by atoms with E-state index in [0.717, 1.165) is 45.9 Å². The van der Waals surface area contributed by atoms with Crippen molar-refractivity contribution in [3.05, 3.63) is 70.9 Å². The van der Waals surface area contributed by atoms with Crippen molar-refractivity contribution in [2.24, 2.45) is 10.3 Å². The first-order chi connectivity index (χ1) is 15.4. The standard InChI is InChI=1S/C25H28N4O3/c1-4-5-14-32-20-12-10-19(11-13-20)25(3)15-21(18-8-6-17(2)7-9-18)23(24(31)27-25)29-22(30)16-26-28-29/h6-13H,4-5,14-16H2,1-3H3,(H,27,31)/t25-/m0/s1. The lowest BCUT2D eigenvalue weighted by molar-refractivity contribution is -0.130. The average Bonchev–Trinajstić information content (AvgIpc) is 3.20. The number of benzene rings is 2. The Hall–Kier alpha value is -3.48. The van der Waals surface area contributed by atoms with Crippen molar-refractivity contribution in [3.63, 3.8) is 0 Å². The van der Waals surface area contributed by atoms with Crippen molar-refractivity contribution in [2.75, 3.05) is 13.2 Å². The van der Waals surface area contributed by atoms with Crippen LogP contribution < -0.4 is 10.1 Å². The van der Waals surface area contributed by atoms with E-state index in [4.69, 9.17) is 4.74 Å². The molecular formula is C25H28N4O3. The molecule has 32 heavy (non-hydrogen) atoms. The molecule has 0 saturated carbocycles. The minimum absolute atomic E-state index is 0.0469. The first kappa shape index (κ1) is 21.7. The van der Waals surface area contributed by atoms with Crippen LogP contribution in [0.2, 0.25) is 0 Å². The van der Waals surface area contributed by atoms with E-state index in [0.29, 0.717) is 13.0 Å². The van der Waals surface area contributed by atoms with Crippen LogP contribution in [0.5, 0.6) is 5.75 Å². The van der Waals surface area contributed by atoms with Gasteiger partial charge in [0.2, 0.25) is 0 Å². The largest absolute Gasteiger partial charge is 0.494 e. The molecule has 0 bridgehead atoms. The van der Waals surface area contributed by atoms with Gasteiger partial charge in [-0.15, -0.1) is 0 Å². The summed E-state index contributed by atoms with van der Waals surface area (Å²) in [6, 6.07) is 15.8. The van der Waals surface area contributed by atoms with Gasteiger partial charge in [0.15, 0.2) is 0 Å². The summed E-state index contributed by atoms with van der Waals surface area (Å²) < 4.78 is 5.78. The minimum atomic E-state index is -0.650. The summed E-state index contributed by atoms with van der Waals surface area (Å²) in [5.74, 6) is 0.162. The van der Waals surface area contributed by atoms with Crippen molar-refractivity contribution in [3.8, 4) is 5.75 Å². The molecule has 0 aromatic heterocycles. The van der Waals surface area contributed by atoms with Crippen molar-refractivity contribution in [1.29, 1.82) is 0 Å². The van der Waals surface area contributed by atoms with Crippen LogP contribution in [0.4, 0.5) is 0 Å². The molecule has 0 saturated heterocycles. The molecule has 7 nitrogen and oxygen atoms in total. The maximum absolute atomic E-state index is 13.3. The molecule has 2 heterocycles. The van der Waals surface area contributed by atoms with E-state index >= 15 is 0 Å². The molecule has 0 spiro atoms. The van der Waals surface area contributed by atoms with Crippen molar-refractivity contribution >= 4 is 17.4 Å². The first-order valence-corrected chi connectivity index (χ1v) is 11.0. The molecule has 2 aliphatic rings. The van der Waals surface area contributed by atoms with Gasteiger partial charge in [-0.2, -0.15) is 10.1 Å². The highest BCUT2D eigenvalue weighted by molar-refractivity contribution is 6.06. The normalized spacial score (nSPS) is 20.7. The van der Waals surface area contributed by atoms with Crippen LogP contribution >= 0.6 is 0 Å². The molecule has 0 fully saturated rings. The second kappa shape index (κ2) is 8.94. The van der Waals surface area contributed by atoms with E-state index in [9.17, 15) is 9.59 Å². The predicted octanol–water partition coefficient (Wildman–Crippen LogP) is 4.53. The minimum Gasteiger partial charge on any atom is -0.494 e. The third-order valence-electron chi connectivity index (χ3n) is 5.89. The fraction of sp³-hybridized carbons (Fsp3) is 0.360. The Balaban J connectivity index is 1.70. The van der Waals surface area contributed by atoms with Gasteiger partial charge < -0.3 is 10.1 Å². The lowest BCUT2D eigenvalue weighted by Crippen LogP contribution is -2.50. The van der Waals surface area contributed by atoms with Gasteiger partial charge in [-0.05, 0) is 49.1 Å². The fourth-order valence-electron chi connectivity index (χ4n) is 4.02. The van der Waals surface area contributed by atoms with Gasteiger partial charge in [0, 0.05) is 6.42 Å². The Kier molecular flexibility index (Phi) is 6.08. The zero-order valence-electron chi connectivity index (χ0n) is 18.7. The number of amides is 2. The van der Waals surface area contributed by atoms with Crippen LogP contribution in [0.3, 0.4) is 0 Å². The molecule has 166 valence electrons. The third kappa shape index (κ3) is 4.28. The fourth-order valence-corrected chi connectivity index (χ4v) is 4.02. The van der Waals surface area contributed by atoms with E-state index in [1.807, 2.05) is 62.4 Å². The van der Waals surface area contributed by atoms with E-state index in [-0.39, 0.29) is 24.1 Å². The summed E-state index contributed by atoms with van der Waals surface area (Å²) in [4.78, 5) is 25.7. The van der Waals surface area contributed by atoms with E-state index in [1.54, 1.807) is 0 Å². The quantitative estimate of drug-likeness (QED) is 0.653. The molecule has 1 N–H and O–H groups in total. The van der Waals surface area contributed by atoms with Gasteiger partial charge in [0.1, 0.15) is 18.0 Å². The summed E-state index contributed by atoms with van der Waals surface area (Å²) >= 11 is 0. The Morgan fingerprint density at radius 1 is 1.09 bits per heavy atom. The van der Waals surface area contributed by atoms with Gasteiger partial charge in [-0.1, -0.05) is 60.5 Å². The molecular weight excluding hydrogens is 404 g/mol. The smallest absolute Gasteiger partial charge is 0.272 e. The van der Waals surface area contributed by atoms with Crippen LogP contribution in [0.15, 0.2) is 64.6 Å². The summed E-state index contributed by atoms with van der Waals surface area (Å²) in [7, 11) is 0. The number of nitrogens with zero attached hydrogens (tertiary/aromatic N) is 3. The number of ether oxygens (including phenoxy) is 1. The maximum Gasteiger partial charge on any atom is 0.272 e. The molecule has 0 radical (unpaired) electrons. The molecule has 2 aromatic carbocycles. The zero-order chi connectivity index (χ0) is 22.7.